The summed E-state index contributed by atoms with van der Waals surface area (Å²) in [5.74, 6) is -0.180. The van der Waals surface area contributed by atoms with Gasteiger partial charge in [-0.2, -0.15) is 0 Å². The number of rotatable bonds is 6. The van der Waals surface area contributed by atoms with Gasteiger partial charge in [0.15, 0.2) is 0 Å². The SMILES string of the molecule is CN(C)CCOC(=O)Cc1ccc(-n2cccc2)cc1. The van der Waals surface area contributed by atoms with Crippen molar-refractivity contribution in [1.82, 2.24) is 9.47 Å². The molecular formula is C16H20N2O2. The number of esters is 1. The van der Waals surface area contributed by atoms with E-state index >= 15 is 0 Å². The van der Waals surface area contributed by atoms with Crippen LogP contribution < -0.4 is 0 Å². The molecule has 0 aliphatic rings. The van der Waals surface area contributed by atoms with E-state index in [9.17, 15) is 4.79 Å². The van der Waals surface area contributed by atoms with Crippen LogP contribution in [0, 0.1) is 0 Å². The van der Waals surface area contributed by atoms with Gasteiger partial charge in [-0.3, -0.25) is 4.79 Å². The number of benzene rings is 1. The van der Waals surface area contributed by atoms with Crippen LogP contribution in [0.15, 0.2) is 48.8 Å². The van der Waals surface area contributed by atoms with Gasteiger partial charge in [-0.05, 0) is 43.9 Å². The molecule has 0 aliphatic carbocycles. The number of carbonyl (C=O) groups is 1. The van der Waals surface area contributed by atoms with Gasteiger partial charge < -0.3 is 14.2 Å². The van der Waals surface area contributed by atoms with Crippen molar-refractivity contribution in [2.45, 2.75) is 6.42 Å². The van der Waals surface area contributed by atoms with E-state index in [-0.39, 0.29) is 5.97 Å². The van der Waals surface area contributed by atoms with Gasteiger partial charge in [0, 0.05) is 24.6 Å². The summed E-state index contributed by atoms with van der Waals surface area (Å²) in [4.78, 5) is 13.6. The van der Waals surface area contributed by atoms with Gasteiger partial charge in [0.25, 0.3) is 0 Å². The van der Waals surface area contributed by atoms with E-state index in [1.165, 1.54) is 0 Å². The molecule has 0 saturated heterocycles. The predicted octanol–water partition coefficient (Wildman–Crippen LogP) is 2.12. The molecule has 0 radical (unpaired) electrons. The van der Waals surface area contributed by atoms with Crippen LogP contribution in [0.1, 0.15) is 5.56 Å². The van der Waals surface area contributed by atoms with Crippen LogP contribution in [-0.2, 0) is 16.0 Å². The normalized spacial score (nSPS) is 10.8. The fraction of sp³-hybridized carbons (Fsp3) is 0.312. The first-order chi connectivity index (χ1) is 9.65. The molecule has 0 fully saturated rings. The van der Waals surface area contributed by atoms with Crippen LogP contribution >= 0.6 is 0 Å². The second-order valence-corrected chi connectivity index (χ2v) is 4.96. The van der Waals surface area contributed by atoms with Crippen molar-refractivity contribution in [2.75, 3.05) is 27.2 Å². The molecule has 106 valence electrons. The molecule has 0 N–H and O–H groups in total. The van der Waals surface area contributed by atoms with Crippen molar-refractivity contribution < 1.29 is 9.53 Å². The van der Waals surface area contributed by atoms with E-state index in [1.54, 1.807) is 0 Å². The van der Waals surface area contributed by atoms with Crippen molar-refractivity contribution in [3.8, 4) is 5.69 Å². The number of hydrogen-bond donors (Lipinski definition) is 0. The Morgan fingerprint density at radius 1 is 1.15 bits per heavy atom. The minimum absolute atomic E-state index is 0.180. The molecule has 20 heavy (non-hydrogen) atoms. The highest BCUT2D eigenvalue weighted by molar-refractivity contribution is 5.72. The van der Waals surface area contributed by atoms with Gasteiger partial charge in [-0.25, -0.2) is 0 Å². The Morgan fingerprint density at radius 3 is 2.40 bits per heavy atom. The van der Waals surface area contributed by atoms with E-state index in [4.69, 9.17) is 4.74 Å². The van der Waals surface area contributed by atoms with Crippen molar-refractivity contribution in [1.29, 1.82) is 0 Å². The molecule has 0 amide bonds. The number of aromatic nitrogens is 1. The van der Waals surface area contributed by atoms with E-state index in [1.807, 2.05) is 72.4 Å². The Kier molecular flexibility index (Phi) is 4.96. The molecule has 0 spiro atoms. The smallest absolute Gasteiger partial charge is 0.310 e. The molecule has 2 aromatic rings. The average molecular weight is 272 g/mol. The summed E-state index contributed by atoms with van der Waals surface area (Å²) in [6.45, 7) is 1.19. The lowest BCUT2D eigenvalue weighted by atomic mass is 10.1. The molecule has 2 rings (SSSR count). The number of hydrogen-bond acceptors (Lipinski definition) is 3. The Bertz CT molecular complexity index is 530. The highest BCUT2D eigenvalue weighted by atomic mass is 16.5. The maximum absolute atomic E-state index is 11.7. The highest BCUT2D eigenvalue weighted by Gasteiger charge is 2.05. The van der Waals surface area contributed by atoms with Gasteiger partial charge in [0.05, 0.1) is 6.42 Å². The molecular weight excluding hydrogens is 252 g/mol. The lowest BCUT2D eigenvalue weighted by Gasteiger charge is -2.10. The van der Waals surface area contributed by atoms with Crippen molar-refractivity contribution in [3.63, 3.8) is 0 Å². The summed E-state index contributed by atoms with van der Waals surface area (Å²) in [6, 6.07) is 11.9. The van der Waals surface area contributed by atoms with Gasteiger partial charge in [0.1, 0.15) is 6.61 Å². The minimum atomic E-state index is -0.180. The quantitative estimate of drug-likeness (QED) is 0.756. The maximum atomic E-state index is 11.7. The zero-order valence-electron chi connectivity index (χ0n) is 12.0. The zero-order valence-corrected chi connectivity index (χ0v) is 12.0. The number of ether oxygens (including phenoxy) is 1. The summed E-state index contributed by atoms with van der Waals surface area (Å²) in [6.07, 6.45) is 4.30. The molecule has 1 aromatic heterocycles. The third-order valence-electron chi connectivity index (χ3n) is 2.99. The van der Waals surface area contributed by atoms with E-state index < -0.39 is 0 Å². The standard InChI is InChI=1S/C16H20N2O2/c1-17(2)11-12-20-16(19)13-14-5-7-15(8-6-14)18-9-3-4-10-18/h3-10H,11-13H2,1-2H3. The van der Waals surface area contributed by atoms with Crippen LogP contribution in [-0.4, -0.2) is 42.7 Å². The van der Waals surface area contributed by atoms with Crippen LogP contribution in [0.25, 0.3) is 5.69 Å². The molecule has 4 heteroatoms. The summed E-state index contributed by atoms with van der Waals surface area (Å²) in [7, 11) is 3.90. The molecule has 0 bridgehead atoms. The number of nitrogens with zero attached hydrogens (tertiary/aromatic N) is 2. The zero-order chi connectivity index (χ0) is 14.4. The van der Waals surface area contributed by atoms with E-state index in [0.29, 0.717) is 13.0 Å². The van der Waals surface area contributed by atoms with Crippen molar-refractivity contribution >= 4 is 5.97 Å². The molecule has 0 aliphatic heterocycles. The van der Waals surface area contributed by atoms with Crippen molar-refractivity contribution in [3.05, 3.63) is 54.4 Å². The summed E-state index contributed by atoms with van der Waals surface area (Å²) in [5.41, 5.74) is 2.05. The van der Waals surface area contributed by atoms with Crippen LogP contribution in [0.2, 0.25) is 0 Å². The molecule has 0 saturated carbocycles. The Morgan fingerprint density at radius 2 is 1.80 bits per heavy atom. The monoisotopic (exact) mass is 272 g/mol. The summed E-state index contributed by atoms with van der Waals surface area (Å²) >= 11 is 0. The summed E-state index contributed by atoms with van der Waals surface area (Å²) in [5, 5.41) is 0. The number of likely N-dealkylation sites (N-methyl/N-ethyl adjacent to an activating group) is 1. The van der Waals surface area contributed by atoms with Gasteiger partial charge >= 0.3 is 5.97 Å². The summed E-state index contributed by atoms with van der Waals surface area (Å²) < 4.78 is 7.20. The van der Waals surface area contributed by atoms with Gasteiger partial charge in [-0.1, -0.05) is 12.1 Å². The Balaban J connectivity index is 1.86. The largest absolute Gasteiger partial charge is 0.464 e. The average Bonchev–Trinajstić information content (AvgIpc) is 2.93. The van der Waals surface area contributed by atoms with Crippen LogP contribution in [0.4, 0.5) is 0 Å². The minimum Gasteiger partial charge on any atom is -0.464 e. The maximum Gasteiger partial charge on any atom is 0.310 e. The highest BCUT2D eigenvalue weighted by Crippen LogP contribution is 2.10. The Labute approximate surface area is 119 Å². The third kappa shape index (κ3) is 4.24. The van der Waals surface area contributed by atoms with Crippen molar-refractivity contribution in [2.24, 2.45) is 0 Å². The lowest BCUT2D eigenvalue weighted by Crippen LogP contribution is -2.20. The topological polar surface area (TPSA) is 34.5 Å². The molecule has 4 nitrogen and oxygen atoms in total. The molecule has 1 aromatic carbocycles. The van der Waals surface area contributed by atoms with Gasteiger partial charge in [-0.15, -0.1) is 0 Å². The molecule has 1 heterocycles. The predicted molar refractivity (Wildman–Crippen MR) is 79.0 cm³/mol. The first-order valence-electron chi connectivity index (χ1n) is 6.68. The fourth-order valence-corrected chi connectivity index (χ4v) is 1.85. The van der Waals surface area contributed by atoms with Gasteiger partial charge in [0.2, 0.25) is 0 Å². The lowest BCUT2D eigenvalue weighted by molar-refractivity contribution is -0.143. The van der Waals surface area contributed by atoms with Crippen LogP contribution in [0.3, 0.4) is 0 Å². The molecule has 0 unspecified atom stereocenters. The fourth-order valence-electron chi connectivity index (χ4n) is 1.85. The Hall–Kier alpha value is -2.07. The third-order valence-corrected chi connectivity index (χ3v) is 2.99. The first kappa shape index (κ1) is 14.3. The van der Waals surface area contributed by atoms with Crippen LogP contribution in [0.5, 0.6) is 0 Å². The van der Waals surface area contributed by atoms with E-state index in [0.717, 1.165) is 17.8 Å². The second kappa shape index (κ2) is 6.91. The second-order valence-electron chi connectivity index (χ2n) is 4.96. The molecule has 0 atom stereocenters. The van der Waals surface area contributed by atoms with E-state index in [2.05, 4.69) is 0 Å². The number of carbonyl (C=O) groups excluding carboxylic acids is 1. The first-order valence-corrected chi connectivity index (χ1v) is 6.68.